The van der Waals surface area contributed by atoms with Crippen LogP contribution in [-0.4, -0.2) is 65.1 Å². The zero-order valence-corrected chi connectivity index (χ0v) is 11.8. The summed E-state index contributed by atoms with van der Waals surface area (Å²) in [4.78, 5) is 20.1. The van der Waals surface area contributed by atoms with Crippen LogP contribution in [0.1, 0.15) is 16.8 Å². The van der Waals surface area contributed by atoms with Crippen molar-refractivity contribution in [3.8, 4) is 0 Å². The Morgan fingerprint density at radius 1 is 1.58 bits per heavy atom. The third-order valence-corrected chi connectivity index (χ3v) is 3.43. The molecule has 2 rings (SSSR count). The van der Waals surface area contributed by atoms with Crippen molar-refractivity contribution in [2.45, 2.75) is 18.6 Å². The number of carbonyl (C=O) groups excluding carboxylic acids is 1. The van der Waals surface area contributed by atoms with Crippen molar-refractivity contribution < 1.29 is 9.90 Å². The number of halogens is 1. The predicted octanol–water partition coefficient (Wildman–Crippen LogP) is 0.872. The first-order valence-electron chi connectivity index (χ1n) is 6.22. The molecule has 2 heterocycles. The molecule has 5 nitrogen and oxygen atoms in total. The van der Waals surface area contributed by atoms with E-state index in [9.17, 15) is 9.90 Å². The molecule has 0 saturated carbocycles. The molecule has 0 radical (unpaired) electrons. The average Bonchev–Trinajstić information content (AvgIpc) is 2.69. The molecule has 6 heteroatoms. The van der Waals surface area contributed by atoms with E-state index in [1.54, 1.807) is 17.0 Å². The second-order valence-corrected chi connectivity index (χ2v) is 5.52. The Kier molecular flexibility index (Phi) is 4.39. The highest BCUT2D eigenvalue weighted by Gasteiger charge is 2.34. The predicted molar refractivity (Wildman–Crippen MR) is 73.2 cm³/mol. The van der Waals surface area contributed by atoms with E-state index in [4.69, 9.17) is 11.6 Å². The van der Waals surface area contributed by atoms with Gasteiger partial charge in [-0.1, -0.05) is 11.6 Å². The Bertz CT molecular complexity index is 450. The number of nitrogens with zero attached hydrogens (tertiary/aromatic N) is 3. The fourth-order valence-electron chi connectivity index (χ4n) is 2.40. The lowest BCUT2D eigenvalue weighted by atomic mass is 10.2. The largest absolute Gasteiger partial charge is 0.391 e. The van der Waals surface area contributed by atoms with E-state index < -0.39 is 6.10 Å². The van der Waals surface area contributed by atoms with Crippen LogP contribution in [0.25, 0.3) is 0 Å². The molecule has 0 spiro atoms. The summed E-state index contributed by atoms with van der Waals surface area (Å²) in [5, 5.41) is 10.1. The first kappa shape index (κ1) is 14.2. The lowest BCUT2D eigenvalue weighted by Gasteiger charge is -2.26. The van der Waals surface area contributed by atoms with Crippen LogP contribution in [0, 0.1) is 0 Å². The summed E-state index contributed by atoms with van der Waals surface area (Å²) in [7, 11) is 3.91. The SMILES string of the molecule is CN(C)CC1CC(O)CN1C(=O)c1ccc(Cl)nc1. The van der Waals surface area contributed by atoms with Gasteiger partial charge >= 0.3 is 0 Å². The van der Waals surface area contributed by atoms with Crippen LogP contribution >= 0.6 is 11.6 Å². The quantitative estimate of drug-likeness (QED) is 0.837. The second kappa shape index (κ2) is 5.86. The molecule has 1 fully saturated rings. The Morgan fingerprint density at radius 2 is 2.32 bits per heavy atom. The topological polar surface area (TPSA) is 56.7 Å². The van der Waals surface area contributed by atoms with Gasteiger partial charge in [-0.3, -0.25) is 4.79 Å². The van der Waals surface area contributed by atoms with Gasteiger partial charge in [0.05, 0.1) is 11.7 Å². The first-order chi connectivity index (χ1) is 8.97. The Balaban J connectivity index is 2.14. The molecule has 1 aliphatic heterocycles. The third-order valence-electron chi connectivity index (χ3n) is 3.20. The van der Waals surface area contributed by atoms with Crippen molar-refractivity contribution in [1.82, 2.24) is 14.8 Å². The molecule has 1 saturated heterocycles. The number of hydrogen-bond donors (Lipinski definition) is 1. The summed E-state index contributed by atoms with van der Waals surface area (Å²) in [6.07, 6.45) is 1.64. The van der Waals surface area contributed by atoms with Gasteiger partial charge in [-0.05, 0) is 32.6 Å². The lowest BCUT2D eigenvalue weighted by molar-refractivity contribution is 0.0698. The molecular weight excluding hydrogens is 266 g/mol. The number of aliphatic hydroxyl groups excluding tert-OH is 1. The number of likely N-dealkylation sites (tertiary alicyclic amines) is 1. The van der Waals surface area contributed by atoms with Gasteiger partial charge in [0.25, 0.3) is 5.91 Å². The second-order valence-electron chi connectivity index (χ2n) is 5.13. The summed E-state index contributed by atoms with van der Waals surface area (Å²) < 4.78 is 0. The summed E-state index contributed by atoms with van der Waals surface area (Å²) >= 11 is 5.71. The number of β-amino-alcohol motifs (C(OH)–C–C–N with tert-alkyl or cyclic N) is 1. The van der Waals surface area contributed by atoms with E-state index in [1.165, 1.54) is 6.20 Å². The number of aromatic nitrogens is 1. The fourth-order valence-corrected chi connectivity index (χ4v) is 2.52. The van der Waals surface area contributed by atoms with Crippen LogP contribution in [-0.2, 0) is 0 Å². The molecular formula is C13H18ClN3O2. The maximum absolute atomic E-state index is 12.4. The van der Waals surface area contributed by atoms with E-state index >= 15 is 0 Å². The number of carbonyl (C=O) groups is 1. The van der Waals surface area contributed by atoms with Gasteiger partial charge < -0.3 is 14.9 Å². The molecule has 104 valence electrons. The van der Waals surface area contributed by atoms with Crippen LogP contribution in [0.15, 0.2) is 18.3 Å². The van der Waals surface area contributed by atoms with Crippen molar-refractivity contribution >= 4 is 17.5 Å². The molecule has 2 atom stereocenters. The van der Waals surface area contributed by atoms with Crippen LogP contribution in [0.3, 0.4) is 0 Å². The summed E-state index contributed by atoms with van der Waals surface area (Å²) in [5.41, 5.74) is 0.502. The summed E-state index contributed by atoms with van der Waals surface area (Å²) in [5.74, 6) is -0.104. The minimum absolute atomic E-state index is 0.0354. The molecule has 1 amide bonds. The molecule has 1 N–H and O–H groups in total. The van der Waals surface area contributed by atoms with Crippen LogP contribution in [0.4, 0.5) is 0 Å². The van der Waals surface area contributed by atoms with E-state index in [2.05, 4.69) is 4.98 Å². The molecule has 0 aromatic carbocycles. The highest BCUT2D eigenvalue weighted by atomic mass is 35.5. The zero-order chi connectivity index (χ0) is 14.0. The van der Waals surface area contributed by atoms with Gasteiger partial charge in [0.1, 0.15) is 5.15 Å². The average molecular weight is 284 g/mol. The molecule has 0 bridgehead atoms. The minimum Gasteiger partial charge on any atom is -0.391 e. The molecule has 19 heavy (non-hydrogen) atoms. The monoisotopic (exact) mass is 283 g/mol. The molecule has 1 aromatic heterocycles. The van der Waals surface area contributed by atoms with Crippen molar-refractivity contribution in [3.05, 3.63) is 29.0 Å². The fraction of sp³-hybridized carbons (Fsp3) is 0.538. The van der Waals surface area contributed by atoms with Gasteiger partial charge in [0.15, 0.2) is 0 Å². The van der Waals surface area contributed by atoms with E-state index in [0.717, 1.165) is 6.54 Å². The lowest BCUT2D eigenvalue weighted by Crippen LogP contribution is -2.41. The van der Waals surface area contributed by atoms with E-state index in [1.807, 2.05) is 19.0 Å². The normalized spacial score (nSPS) is 23.1. The summed E-state index contributed by atoms with van der Waals surface area (Å²) in [6.45, 7) is 1.11. The highest BCUT2D eigenvalue weighted by Crippen LogP contribution is 2.21. The number of amides is 1. The van der Waals surface area contributed by atoms with Crippen molar-refractivity contribution in [2.75, 3.05) is 27.2 Å². The summed E-state index contributed by atoms with van der Waals surface area (Å²) in [6, 6.07) is 3.30. The Hall–Kier alpha value is -1.17. The maximum Gasteiger partial charge on any atom is 0.255 e. The Morgan fingerprint density at radius 3 is 2.89 bits per heavy atom. The maximum atomic E-state index is 12.4. The minimum atomic E-state index is -0.450. The third kappa shape index (κ3) is 3.43. The molecule has 0 aliphatic carbocycles. The van der Waals surface area contributed by atoms with Gasteiger partial charge in [0.2, 0.25) is 0 Å². The van der Waals surface area contributed by atoms with Crippen LogP contribution < -0.4 is 0 Å². The highest BCUT2D eigenvalue weighted by molar-refractivity contribution is 6.29. The number of likely N-dealkylation sites (N-methyl/N-ethyl adjacent to an activating group) is 1. The van der Waals surface area contributed by atoms with E-state index in [-0.39, 0.29) is 11.9 Å². The number of hydrogen-bond acceptors (Lipinski definition) is 4. The van der Waals surface area contributed by atoms with Crippen molar-refractivity contribution in [1.29, 1.82) is 0 Å². The number of pyridine rings is 1. The van der Waals surface area contributed by atoms with Gasteiger partial charge in [-0.2, -0.15) is 0 Å². The van der Waals surface area contributed by atoms with Gasteiger partial charge in [0, 0.05) is 25.3 Å². The first-order valence-corrected chi connectivity index (χ1v) is 6.60. The van der Waals surface area contributed by atoms with Crippen LogP contribution in [0.5, 0.6) is 0 Å². The number of rotatable bonds is 3. The number of aliphatic hydroxyl groups is 1. The van der Waals surface area contributed by atoms with Crippen LogP contribution in [0.2, 0.25) is 5.15 Å². The van der Waals surface area contributed by atoms with E-state index in [0.29, 0.717) is 23.7 Å². The van der Waals surface area contributed by atoms with Crippen molar-refractivity contribution in [3.63, 3.8) is 0 Å². The smallest absolute Gasteiger partial charge is 0.255 e. The van der Waals surface area contributed by atoms with Gasteiger partial charge in [-0.25, -0.2) is 4.98 Å². The Labute approximate surface area is 117 Å². The molecule has 1 aromatic rings. The molecule has 2 unspecified atom stereocenters. The zero-order valence-electron chi connectivity index (χ0n) is 11.1. The molecule has 1 aliphatic rings. The van der Waals surface area contributed by atoms with Gasteiger partial charge in [-0.15, -0.1) is 0 Å². The van der Waals surface area contributed by atoms with Crippen molar-refractivity contribution in [2.24, 2.45) is 0 Å². The standard InChI is InChI=1S/C13H18ClN3O2/c1-16(2)7-10-5-11(18)8-17(10)13(19)9-3-4-12(14)15-6-9/h3-4,6,10-11,18H,5,7-8H2,1-2H3.